The third-order valence-corrected chi connectivity index (χ3v) is 12.7. The first-order chi connectivity index (χ1) is 25.8. The van der Waals surface area contributed by atoms with Crippen molar-refractivity contribution in [1.29, 1.82) is 0 Å². The summed E-state index contributed by atoms with van der Waals surface area (Å²) in [4.78, 5) is 2.41. The molecule has 11 rings (SSSR count). The Hall–Kier alpha value is -6.20. The fourth-order valence-electron chi connectivity index (χ4n) is 8.09. The number of rotatable bonds is 5. The molecule has 0 fully saturated rings. The van der Waals surface area contributed by atoms with E-state index in [2.05, 4.69) is 191 Å². The fourth-order valence-corrected chi connectivity index (χ4v) is 10.4. The van der Waals surface area contributed by atoms with E-state index in [0.717, 1.165) is 11.4 Å². The van der Waals surface area contributed by atoms with Crippen molar-refractivity contribution in [2.75, 3.05) is 4.90 Å². The number of fused-ring (bicyclic) bond motifs is 9. The van der Waals surface area contributed by atoms with Crippen molar-refractivity contribution in [2.24, 2.45) is 0 Å². The Morgan fingerprint density at radius 1 is 0.404 bits per heavy atom. The van der Waals surface area contributed by atoms with E-state index in [1.54, 1.807) is 0 Å². The Morgan fingerprint density at radius 3 is 1.71 bits per heavy atom. The number of nitrogens with zero attached hydrogens (tertiary/aromatic N) is 2. The summed E-state index contributed by atoms with van der Waals surface area (Å²) in [5.74, 6) is 0. The Balaban J connectivity index is 1.13. The molecule has 11 aromatic rings. The number of anilines is 3. The summed E-state index contributed by atoms with van der Waals surface area (Å²) in [5, 5.41) is 7.73. The molecule has 0 aliphatic rings. The van der Waals surface area contributed by atoms with E-state index < -0.39 is 0 Å². The molecule has 3 aromatic heterocycles. The normalized spacial score (nSPS) is 11.8. The fraction of sp³-hybridized carbons (Fsp3) is 0. The summed E-state index contributed by atoms with van der Waals surface area (Å²) < 4.78 is 7.67. The molecule has 52 heavy (non-hydrogen) atoms. The van der Waals surface area contributed by atoms with E-state index in [-0.39, 0.29) is 0 Å². The summed E-state index contributed by atoms with van der Waals surface area (Å²) in [7, 11) is 0. The number of hydrogen-bond donors (Lipinski definition) is 0. The molecule has 0 bridgehead atoms. The molecule has 0 saturated heterocycles. The first kappa shape index (κ1) is 29.5. The molecule has 3 heterocycles. The summed E-state index contributed by atoms with van der Waals surface area (Å²) >= 11 is 3.75. The Labute approximate surface area is 308 Å². The molecule has 244 valence electrons. The van der Waals surface area contributed by atoms with Gasteiger partial charge in [0.2, 0.25) is 0 Å². The molecule has 4 heteroatoms. The van der Waals surface area contributed by atoms with Gasteiger partial charge in [-0.05, 0) is 78.4 Å². The highest BCUT2D eigenvalue weighted by molar-refractivity contribution is 7.26. The first-order valence-electron chi connectivity index (χ1n) is 17.6. The molecule has 0 radical (unpaired) electrons. The van der Waals surface area contributed by atoms with Gasteiger partial charge in [0.1, 0.15) is 0 Å². The van der Waals surface area contributed by atoms with E-state index in [0.29, 0.717) is 0 Å². The van der Waals surface area contributed by atoms with E-state index in [9.17, 15) is 0 Å². The zero-order chi connectivity index (χ0) is 34.2. The SMILES string of the molecule is c1ccc(N(c2ccc(-c3cc(-n4c5ccccc5c5ccccc54)cc4c3sc3ccccc34)cc2)c2cccc3sc4ccccc4c23)cc1. The third-order valence-electron chi connectivity index (χ3n) is 10.4. The lowest BCUT2D eigenvalue weighted by Gasteiger charge is -2.26. The topological polar surface area (TPSA) is 8.17 Å². The van der Waals surface area contributed by atoms with Crippen LogP contribution in [-0.4, -0.2) is 4.57 Å². The van der Waals surface area contributed by atoms with Gasteiger partial charge in [-0.2, -0.15) is 0 Å². The smallest absolute Gasteiger partial charge is 0.0554 e. The Morgan fingerprint density at radius 2 is 0.981 bits per heavy atom. The van der Waals surface area contributed by atoms with Gasteiger partial charge in [-0.15, -0.1) is 22.7 Å². The van der Waals surface area contributed by atoms with E-state index >= 15 is 0 Å². The summed E-state index contributed by atoms with van der Waals surface area (Å²) in [5.41, 5.74) is 9.52. The van der Waals surface area contributed by atoms with E-state index in [1.807, 2.05) is 22.7 Å². The van der Waals surface area contributed by atoms with Gasteiger partial charge in [-0.25, -0.2) is 0 Å². The first-order valence-corrected chi connectivity index (χ1v) is 19.2. The van der Waals surface area contributed by atoms with E-state index in [4.69, 9.17) is 0 Å². The van der Waals surface area contributed by atoms with Gasteiger partial charge in [0.25, 0.3) is 0 Å². The summed E-state index contributed by atoms with van der Waals surface area (Å²) in [6, 6.07) is 66.6. The second kappa shape index (κ2) is 11.7. The average molecular weight is 699 g/mol. The van der Waals surface area contributed by atoms with Crippen LogP contribution in [0.2, 0.25) is 0 Å². The lowest BCUT2D eigenvalue weighted by Crippen LogP contribution is -2.10. The quantitative estimate of drug-likeness (QED) is 0.174. The van der Waals surface area contributed by atoms with Gasteiger partial charge in [0.15, 0.2) is 0 Å². The number of thiophene rings is 2. The standard InChI is InChI=1S/C48H30N2S2/c1-2-13-32(14-3-1)49(43-21-12-24-46-47(43)38-18-7-11-23-45(38)51-46)33-27-25-31(26-28-33)39-29-34(30-40-37-17-6-10-22-44(37)52-48(39)40)50-41-19-8-4-15-35(41)36-16-5-9-20-42(36)50/h1-30H. The maximum Gasteiger partial charge on any atom is 0.0554 e. The monoisotopic (exact) mass is 698 g/mol. The number of aromatic nitrogens is 1. The van der Waals surface area contributed by atoms with Crippen molar-refractivity contribution in [3.63, 3.8) is 0 Å². The zero-order valence-electron chi connectivity index (χ0n) is 28.0. The summed E-state index contributed by atoms with van der Waals surface area (Å²) in [6.07, 6.45) is 0. The predicted octanol–water partition coefficient (Wildman–Crippen LogP) is 14.7. The predicted molar refractivity (Wildman–Crippen MR) is 227 cm³/mol. The molecular formula is C48H30N2S2. The molecule has 0 spiro atoms. The van der Waals surface area contributed by atoms with Crippen LogP contribution in [0.25, 0.3) is 79.0 Å². The van der Waals surface area contributed by atoms with Crippen molar-refractivity contribution in [2.45, 2.75) is 0 Å². The molecule has 0 aliphatic heterocycles. The van der Waals surface area contributed by atoms with Crippen molar-refractivity contribution >= 4 is 102 Å². The molecule has 0 amide bonds. The van der Waals surface area contributed by atoms with Gasteiger partial charge in [0, 0.05) is 73.7 Å². The maximum atomic E-state index is 2.44. The van der Waals surface area contributed by atoms with Crippen molar-refractivity contribution < 1.29 is 0 Å². The highest BCUT2D eigenvalue weighted by atomic mass is 32.1. The summed E-state index contributed by atoms with van der Waals surface area (Å²) in [6.45, 7) is 0. The molecule has 2 nitrogen and oxygen atoms in total. The van der Waals surface area contributed by atoms with Crippen LogP contribution in [-0.2, 0) is 0 Å². The van der Waals surface area contributed by atoms with Crippen LogP contribution in [0.1, 0.15) is 0 Å². The molecule has 0 atom stereocenters. The minimum atomic E-state index is 1.13. The van der Waals surface area contributed by atoms with Crippen LogP contribution in [0.3, 0.4) is 0 Å². The zero-order valence-corrected chi connectivity index (χ0v) is 29.7. The van der Waals surface area contributed by atoms with Crippen molar-refractivity contribution in [1.82, 2.24) is 4.57 Å². The van der Waals surface area contributed by atoms with Crippen LogP contribution in [0.5, 0.6) is 0 Å². The van der Waals surface area contributed by atoms with Gasteiger partial charge < -0.3 is 9.47 Å². The molecule has 0 unspecified atom stereocenters. The molecule has 0 N–H and O–H groups in total. The lowest BCUT2D eigenvalue weighted by molar-refractivity contribution is 1.19. The van der Waals surface area contributed by atoms with Crippen LogP contribution >= 0.6 is 22.7 Å². The highest BCUT2D eigenvalue weighted by Gasteiger charge is 2.20. The van der Waals surface area contributed by atoms with Crippen LogP contribution in [0.15, 0.2) is 182 Å². The van der Waals surface area contributed by atoms with Crippen LogP contribution in [0, 0.1) is 0 Å². The molecular weight excluding hydrogens is 669 g/mol. The number of hydrogen-bond acceptors (Lipinski definition) is 3. The minimum Gasteiger partial charge on any atom is -0.310 e. The van der Waals surface area contributed by atoms with Crippen molar-refractivity contribution in [3.05, 3.63) is 182 Å². The molecule has 8 aromatic carbocycles. The maximum absolute atomic E-state index is 2.44. The third kappa shape index (κ3) is 4.48. The van der Waals surface area contributed by atoms with Crippen LogP contribution in [0.4, 0.5) is 17.1 Å². The Bertz CT molecular complexity index is 3080. The van der Waals surface area contributed by atoms with E-state index in [1.165, 1.54) is 84.7 Å². The van der Waals surface area contributed by atoms with Gasteiger partial charge >= 0.3 is 0 Å². The lowest BCUT2D eigenvalue weighted by atomic mass is 10.0. The largest absolute Gasteiger partial charge is 0.310 e. The number of benzene rings is 8. The second-order valence-corrected chi connectivity index (χ2v) is 15.4. The second-order valence-electron chi connectivity index (χ2n) is 13.3. The van der Waals surface area contributed by atoms with Crippen LogP contribution < -0.4 is 4.90 Å². The van der Waals surface area contributed by atoms with Gasteiger partial charge in [0.05, 0.1) is 16.7 Å². The molecule has 0 saturated carbocycles. The van der Waals surface area contributed by atoms with Crippen molar-refractivity contribution in [3.8, 4) is 16.8 Å². The molecule has 0 aliphatic carbocycles. The van der Waals surface area contributed by atoms with Gasteiger partial charge in [-0.1, -0.05) is 109 Å². The highest BCUT2D eigenvalue weighted by Crippen LogP contribution is 2.47. The number of para-hydroxylation sites is 3. The average Bonchev–Trinajstić information content (AvgIpc) is 3.88. The van der Waals surface area contributed by atoms with Gasteiger partial charge in [-0.3, -0.25) is 0 Å². The Kier molecular flexibility index (Phi) is 6.63. The minimum absolute atomic E-state index is 1.13.